The van der Waals surface area contributed by atoms with Gasteiger partial charge in [-0.05, 0) is 108 Å². The van der Waals surface area contributed by atoms with Gasteiger partial charge in [0.05, 0.1) is 11.0 Å². The molecule has 0 amide bonds. The SMILES string of the molecule is CC(C)(C)c1ccc(N2B3c4cc5c(cc4-n4c6ccc7c(c6c6ccc(c3c64)-c3cc4c(cc32)-c2ccccc2C4(C)C)-c2ccccc2C7(C)C)oc2ccccc25)cc1. The third-order valence-electron chi connectivity index (χ3n) is 15.5. The van der Waals surface area contributed by atoms with Crippen molar-refractivity contribution >= 4 is 72.9 Å². The van der Waals surface area contributed by atoms with Crippen molar-refractivity contribution in [3.63, 3.8) is 0 Å². The number of aromatic nitrogens is 1. The Morgan fingerprint density at radius 1 is 0.516 bits per heavy atom. The summed E-state index contributed by atoms with van der Waals surface area (Å²) in [5, 5.41) is 4.95. The number of para-hydroxylation sites is 1. The Kier molecular flexibility index (Phi) is 6.29. The first kappa shape index (κ1) is 34.9. The molecule has 4 aliphatic rings. The van der Waals surface area contributed by atoms with Crippen molar-refractivity contribution < 1.29 is 4.42 Å². The zero-order valence-corrected chi connectivity index (χ0v) is 36.2. The topological polar surface area (TPSA) is 21.3 Å². The van der Waals surface area contributed by atoms with Crippen LogP contribution in [0.3, 0.4) is 0 Å². The predicted molar refractivity (Wildman–Crippen MR) is 261 cm³/mol. The highest BCUT2D eigenvalue weighted by molar-refractivity contribution is 6.94. The summed E-state index contributed by atoms with van der Waals surface area (Å²) >= 11 is 0. The third-order valence-corrected chi connectivity index (χ3v) is 15.5. The van der Waals surface area contributed by atoms with Crippen LogP contribution in [0.4, 0.5) is 11.4 Å². The fourth-order valence-corrected chi connectivity index (χ4v) is 12.5. The van der Waals surface area contributed by atoms with Gasteiger partial charge in [0.15, 0.2) is 0 Å². The first-order valence-electron chi connectivity index (χ1n) is 22.3. The Labute approximate surface area is 362 Å². The summed E-state index contributed by atoms with van der Waals surface area (Å²) in [5.41, 5.74) is 25.4. The van der Waals surface area contributed by atoms with Crippen LogP contribution in [0.15, 0.2) is 150 Å². The van der Waals surface area contributed by atoms with Crippen molar-refractivity contribution in [1.29, 1.82) is 0 Å². The van der Waals surface area contributed by atoms with Gasteiger partial charge in [0.2, 0.25) is 0 Å². The van der Waals surface area contributed by atoms with E-state index in [9.17, 15) is 0 Å². The highest BCUT2D eigenvalue weighted by Gasteiger charge is 2.47. The lowest BCUT2D eigenvalue weighted by molar-refractivity contribution is 0.590. The van der Waals surface area contributed by atoms with Crippen molar-refractivity contribution in [2.75, 3.05) is 4.81 Å². The minimum absolute atomic E-state index is 0.0347. The molecule has 0 spiro atoms. The molecule has 296 valence electrons. The maximum Gasteiger partial charge on any atom is 0.333 e. The Morgan fingerprint density at radius 2 is 1.23 bits per heavy atom. The lowest BCUT2D eigenvalue weighted by atomic mass is 9.44. The third kappa shape index (κ3) is 4.10. The Morgan fingerprint density at radius 3 is 2.02 bits per heavy atom. The molecular weight excluding hydrogens is 751 g/mol. The molecule has 0 saturated heterocycles. The van der Waals surface area contributed by atoms with Gasteiger partial charge in [-0.1, -0.05) is 152 Å². The highest BCUT2D eigenvalue weighted by atomic mass is 16.3. The van der Waals surface area contributed by atoms with Crippen LogP contribution in [0, 0.1) is 0 Å². The summed E-state index contributed by atoms with van der Waals surface area (Å²) in [6.07, 6.45) is 0. The Hall–Kier alpha value is -6.78. The normalized spacial score (nSPS) is 15.9. The summed E-state index contributed by atoms with van der Waals surface area (Å²) < 4.78 is 9.34. The van der Waals surface area contributed by atoms with E-state index in [1.807, 2.05) is 0 Å². The largest absolute Gasteiger partial charge is 0.456 e. The molecule has 10 aromatic rings. The van der Waals surface area contributed by atoms with Gasteiger partial charge >= 0.3 is 6.85 Å². The lowest BCUT2D eigenvalue weighted by Gasteiger charge is -2.42. The van der Waals surface area contributed by atoms with Crippen molar-refractivity contribution in [3.8, 4) is 39.1 Å². The summed E-state index contributed by atoms with van der Waals surface area (Å²) in [4.78, 5) is 2.69. The van der Waals surface area contributed by atoms with Gasteiger partial charge in [0.1, 0.15) is 11.2 Å². The number of nitrogens with zero attached hydrogens (tertiary/aromatic N) is 2. The molecule has 0 saturated carbocycles. The number of anilines is 2. The Bertz CT molecular complexity index is 3680. The van der Waals surface area contributed by atoms with Crippen LogP contribution in [0.25, 0.3) is 82.8 Å². The number of furan rings is 1. The molecule has 0 N–H and O–H groups in total. The second-order valence-electron chi connectivity index (χ2n) is 20.5. The van der Waals surface area contributed by atoms with Crippen LogP contribution in [0.2, 0.25) is 0 Å². The van der Waals surface area contributed by atoms with E-state index in [2.05, 4.69) is 203 Å². The number of benzene rings is 8. The summed E-state index contributed by atoms with van der Waals surface area (Å²) in [7, 11) is 0. The van der Waals surface area contributed by atoms with E-state index in [1.54, 1.807) is 0 Å². The average Bonchev–Trinajstić information content (AvgIpc) is 3.95. The summed E-state index contributed by atoms with van der Waals surface area (Å²) in [5.74, 6) is 0. The number of hydrogen-bond donors (Lipinski definition) is 0. The van der Waals surface area contributed by atoms with Crippen molar-refractivity contribution in [2.24, 2.45) is 0 Å². The van der Waals surface area contributed by atoms with Crippen molar-refractivity contribution in [1.82, 2.24) is 4.57 Å². The van der Waals surface area contributed by atoms with Gasteiger partial charge in [0, 0.05) is 61.1 Å². The highest BCUT2D eigenvalue weighted by Crippen LogP contribution is 2.57. The van der Waals surface area contributed by atoms with E-state index in [1.165, 1.54) is 111 Å². The first-order chi connectivity index (χ1) is 29.9. The molecule has 4 heterocycles. The quantitative estimate of drug-likeness (QED) is 0.154. The van der Waals surface area contributed by atoms with Gasteiger partial charge in [-0.3, -0.25) is 0 Å². The zero-order valence-electron chi connectivity index (χ0n) is 36.2. The van der Waals surface area contributed by atoms with E-state index in [0.717, 1.165) is 21.9 Å². The van der Waals surface area contributed by atoms with E-state index < -0.39 is 0 Å². The van der Waals surface area contributed by atoms with Crippen LogP contribution in [0.5, 0.6) is 0 Å². The zero-order chi connectivity index (χ0) is 41.8. The fraction of sp³-hybridized carbons (Fsp3) is 0.172. The van der Waals surface area contributed by atoms with Crippen LogP contribution in [-0.2, 0) is 16.2 Å². The smallest absolute Gasteiger partial charge is 0.333 e. The van der Waals surface area contributed by atoms with Gasteiger partial charge in [-0.2, -0.15) is 0 Å². The predicted octanol–water partition coefficient (Wildman–Crippen LogP) is 13.8. The molecule has 0 fully saturated rings. The first-order valence-corrected chi connectivity index (χ1v) is 22.3. The molecule has 62 heavy (non-hydrogen) atoms. The molecule has 4 heteroatoms. The Balaban J connectivity index is 1.17. The molecule has 0 atom stereocenters. The molecule has 0 radical (unpaired) electrons. The fourth-order valence-electron chi connectivity index (χ4n) is 12.5. The molecule has 2 aromatic heterocycles. The molecule has 3 nitrogen and oxygen atoms in total. The van der Waals surface area contributed by atoms with Crippen LogP contribution >= 0.6 is 0 Å². The lowest BCUT2D eigenvalue weighted by Crippen LogP contribution is -2.60. The van der Waals surface area contributed by atoms with E-state index >= 15 is 0 Å². The summed E-state index contributed by atoms with van der Waals surface area (Å²) in [6.45, 7) is 16.4. The molecule has 2 aliphatic carbocycles. The minimum atomic E-state index is -0.130. The second kappa shape index (κ2) is 11.2. The number of rotatable bonds is 1. The van der Waals surface area contributed by atoms with Gasteiger partial charge in [0.25, 0.3) is 0 Å². The molecule has 2 aliphatic heterocycles. The van der Waals surface area contributed by atoms with Crippen molar-refractivity contribution in [3.05, 3.63) is 173 Å². The second-order valence-corrected chi connectivity index (χ2v) is 20.5. The minimum Gasteiger partial charge on any atom is -0.456 e. The maximum absolute atomic E-state index is 6.73. The number of fused-ring (bicyclic) bond motifs is 18. The number of hydrogen-bond acceptors (Lipinski definition) is 2. The van der Waals surface area contributed by atoms with Crippen LogP contribution in [0.1, 0.15) is 76.3 Å². The molecule has 14 rings (SSSR count). The maximum atomic E-state index is 6.73. The monoisotopic (exact) mass is 796 g/mol. The van der Waals surface area contributed by atoms with Gasteiger partial charge < -0.3 is 13.8 Å². The van der Waals surface area contributed by atoms with Gasteiger partial charge in [-0.15, -0.1) is 0 Å². The van der Waals surface area contributed by atoms with Crippen LogP contribution in [-0.4, -0.2) is 11.4 Å². The summed E-state index contributed by atoms with van der Waals surface area (Å²) in [6, 6.07) is 55.8. The molecule has 0 bridgehead atoms. The van der Waals surface area contributed by atoms with E-state index in [4.69, 9.17) is 4.42 Å². The molecule has 8 aromatic carbocycles. The van der Waals surface area contributed by atoms with Crippen LogP contribution < -0.4 is 15.7 Å². The molecule has 0 unspecified atom stereocenters. The van der Waals surface area contributed by atoms with Gasteiger partial charge in [-0.25, -0.2) is 0 Å². The van der Waals surface area contributed by atoms with Crippen molar-refractivity contribution in [2.45, 2.75) is 64.7 Å². The standard InChI is InChI=1S/C58H45BN2O/c1-56(2,3)32-20-22-33(23-21-32)61-48-30-39-34-14-8-11-17-42(34)58(6,7)45(39)28-40(48)36-24-25-38-53-47(27-26-44-52(53)37-16-9-12-18-43(37)57(44,4)5)60-49-31-51-41(35-15-10-13-19-50(35)62-51)29-46(49)59(61)54(36)55(38)60/h8-31H,1-7H3. The van der Waals surface area contributed by atoms with E-state index in [0.29, 0.717) is 0 Å². The van der Waals surface area contributed by atoms with E-state index in [-0.39, 0.29) is 23.1 Å². The molecular formula is C58H45BN2O. The average molecular weight is 797 g/mol.